The van der Waals surface area contributed by atoms with E-state index < -0.39 is 23.5 Å². The average Bonchev–Trinajstić information content (AvgIpc) is 3.58. The smallest absolute Gasteiger partial charge is 0.431 e. The number of benzene rings is 2. The fourth-order valence-electron chi connectivity index (χ4n) is 5.10. The van der Waals surface area contributed by atoms with E-state index in [4.69, 9.17) is 16.0 Å². The second kappa shape index (κ2) is 10.4. The molecule has 0 bridgehead atoms. The number of aromatic nitrogens is 1. The zero-order chi connectivity index (χ0) is 27.0. The van der Waals surface area contributed by atoms with Crippen molar-refractivity contribution in [3.63, 3.8) is 0 Å². The predicted molar refractivity (Wildman–Crippen MR) is 136 cm³/mol. The fraction of sp³-hybridized carbons (Fsp3) is 0.370. The van der Waals surface area contributed by atoms with E-state index in [9.17, 15) is 22.8 Å². The van der Waals surface area contributed by atoms with E-state index in [1.807, 2.05) is 13.0 Å². The Labute approximate surface area is 222 Å². The number of halogens is 4. The second-order valence-electron chi connectivity index (χ2n) is 9.81. The summed E-state index contributed by atoms with van der Waals surface area (Å²) < 4.78 is 46.1. The molecule has 2 aliphatic heterocycles. The summed E-state index contributed by atoms with van der Waals surface area (Å²) in [5.74, 6) is -2.28. The third kappa shape index (κ3) is 5.56. The lowest BCUT2D eigenvalue weighted by Crippen LogP contribution is -2.35. The molecule has 2 atom stereocenters. The van der Waals surface area contributed by atoms with Crippen LogP contribution in [0.3, 0.4) is 0 Å². The van der Waals surface area contributed by atoms with Gasteiger partial charge in [-0.05, 0) is 48.6 Å². The van der Waals surface area contributed by atoms with Gasteiger partial charge in [0.05, 0.1) is 0 Å². The van der Waals surface area contributed by atoms with E-state index >= 15 is 0 Å². The lowest BCUT2D eigenvalue weighted by molar-refractivity contribution is -0.153. The maximum absolute atomic E-state index is 13.7. The van der Waals surface area contributed by atoms with Gasteiger partial charge in [0.2, 0.25) is 17.6 Å². The second-order valence-corrected chi connectivity index (χ2v) is 10.2. The molecule has 2 unspecified atom stereocenters. The molecule has 1 aromatic heterocycles. The summed E-state index contributed by atoms with van der Waals surface area (Å²) in [6.07, 6.45) is -4.55. The van der Waals surface area contributed by atoms with Crippen molar-refractivity contribution in [2.75, 3.05) is 38.0 Å². The number of aryl methyl sites for hydroxylation is 1. The molecule has 2 aromatic carbocycles. The molecule has 200 valence electrons. The van der Waals surface area contributed by atoms with Gasteiger partial charge in [0.15, 0.2) is 5.69 Å². The molecule has 2 aliphatic rings. The zero-order valence-corrected chi connectivity index (χ0v) is 21.4. The van der Waals surface area contributed by atoms with E-state index in [-0.39, 0.29) is 23.6 Å². The van der Waals surface area contributed by atoms with Gasteiger partial charge in [-0.3, -0.25) is 9.59 Å². The van der Waals surface area contributed by atoms with Crippen LogP contribution in [0.25, 0.3) is 11.5 Å². The summed E-state index contributed by atoms with van der Waals surface area (Å²) in [5, 5.41) is 3.43. The Kier molecular flexibility index (Phi) is 7.19. The maximum atomic E-state index is 13.7. The Balaban J connectivity index is 1.18. The standard InChI is InChI=1S/C27H26ClF3N4O3/c1-16-7-8-20(11-21(16)28)32-22(36)9-10-34-12-18-14-35(15-19(18)13-34)26(37)23-24(27(29,30)31)38-25(33-23)17-5-3-2-4-6-17/h2-8,11,18-19H,9-10,12-15H2,1H3,(H,32,36). The molecular weight excluding hydrogens is 521 g/mol. The number of likely N-dealkylation sites (tertiary alicyclic amines) is 2. The molecule has 0 aliphatic carbocycles. The van der Waals surface area contributed by atoms with Crippen LogP contribution in [0.4, 0.5) is 18.9 Å². The average molecular weight is 547 g/mol. The molecular formula is C27H26ClF3N4O3. The minimum atomic E-state index is -4.85. The van der Waals surface area contributed by atoms with Crippen molar-refractivity contribution in [3.8, 4) is 11.5 Å². The first-order chi connectivity index (χ1) is 18.1. The molecule has 3 heterocycles. The summed E-state index contributed by atoms with van der Waals surface area (Å²) in [6.45, 7) is 4.43. The number of hydrogen-bond donors (Lipinski definition) is 1. The van der Waals surface area contributed by atoms with E-state index in [1.54, 1.807) is 42.5 Å². The third-order valence-corrected chi connectivity index (χ3v) is 7.47. The van der Waals surface area contributed by atoms with Gasteiger partial charge in [-0.2, -0.15) is 13.2 Å². The number of oxazole rings is 1. The summed E-state index contributed by atoms with van der Waals surface area (Å²) in [6, 6.07) is 13.5. The normalized spacial score (nSPS) is 19.6. The summed E-state index contributed by atoms with van der Waals surface area (Å²) in [7, 11) is 0. The van der Waals surface area contributed by atoms with Crippen molar-refractivity contribution in [2.45, 2.75) is 19.5 Å². The monoisotopic (exact) mass is 546 g/mol. The number of nitrogens with zero attached hydrogens (tertiary/aromatic N) is 3. The molecule has 7 nitrogen and oxygen atoms in total. The largest absolute Gasteiger partial charge is 0.452 e. The maximum Gasteiger partial charge on any atom is 0.452 e. The SMILES string of the molecule is Cc1ccc(NC(=O)CCN2CC3CN(C(=O)c4nc(-c5ccccc5)oc4C(F)(F)F)CC3C2)cc1Cl. The summed E-state index contributed by atoms with van der Waals surface area (Å²) >= 11 is 6.11. The summed E-state index contributed by atoms with van der Waals surface area (Å²) in [5.41, 5.74) is 1.22. The van der Waals surface area contributed by atoms with Crippen LogP contribution in [-0.4, -0.2) is 59.3 Å². The number of amides is 2. The van der Waals surface area contributed by atoms with Gasteiger partial charge >= 0.3 is 6.18 Å². The van der Waals surface area contributed by atoms with Gasteiger partial charge in [0.1, 0.15) is 0 Å². The van der Waals surface area contributed by atoms with Gasteiger partial charge in [0.25, 0.3) is 5.91 Å². The molecule has 2 fully saturated rings. The van der Waals surface area contributed by atoms with Crippen LogP contribution in [0.15, 0.2) is 52.9 Å². The van der Waals surface area contributed by atoms with Crippen LogP contribution in [0.2, 0.25) is 5.02 Å². The molecule has 1 N–H and O–H groups in total. The first kappa shape index (κ1) is 26.2. The van der Waals surface area contributed by atoms with Gasteiger partial charge in [-0.15, -0.1) is 0 Å². The Bertz CT molecular complexity index is 1330. The van der Waals surface area contributed by atoms with E-state index in [1.165, 1.54) is 4.90 Å². The lowest BCUT2D eigenvalue weighted by Gasteiger charge is -2.21. The minimum Gasteiger partial charge on any atom is -0.431 e. The van der Waals surface area contributed by atoms with E-state index in [0.29, 0.717) is 55.4 Å². The number of anilines is 1. The van der Waals surface area contributed by atoms with E-state index in [0.717, 1.165) is 5.56 Å². The molecule has 2 amide bonds. The number of fused-ring (bicyclic) bond motifs is 1. The van der Waals surface area contributed by atoms with Crippen molar-refractivity contribution < 1.29 is 27.2 Å². The fourth-order valence-corrected chi connectivity index (χ4v) is 5.28. The molecule has 3 aromatic rings. The van der Waals surface area contributed by atoms with E-state index in [2.05, 4.69) is 15.2 Å². The molecule has 2 saturated heterocycles. The number of hydrogen-bond acceptors (Lipinski definition) is 5. The van der Waals surface area contributed by atoms with Crippen LogP contribution >= 0.6 is 11.6 Å². The minimum absolute atomic E-state index is 0.118. The van der Waals surface area contributed by atoms with Gasteiger partial charge < -0.3 is 19.5 Å². The quantitative estimate of drug-likeness (QED) is 0.451. The molecule has 11 heteroatoms. The first-order valence-corrected chi connectivity index (χ1v) is 12.7. The molecule has 5 rings (SSSR count). The van der Waals surface area contributed by atoms with Gasteiger partial charge in [-0.1, -0.05) is 35.9 Å². The Morgan fingerprint density at radius 3 is 2.39 bits per heavy atom. The Morgan fingerprint density at radius 1 is 1.08 bits per heavy atom. The highest BCUT2D eigenvalue weighted by atomic mass is 35.5. The number of carbonyl (C=O) groups excluding carboxylic acids is 2. The van der Waals surface area contributed by atoms with Crippen molar-refractivity contribution >= 4 is 29.1 Å². The lowest BCUT2D eigenvalue weighted by atomic mass is 10.0. The van der Waals surface area contributed by atoms with Crippen molar-refractivity contribution in [3.05, 3.63) is 70.6 Å². The Hall–Kier alpha value is -3.37. The first-order valence-electron chi connectivity index (χ1n) is 12.3. The predicted octanol–water partition coefficient (Wildman–Crippen LogP) is 5.35. The van der Waals surface area contributed by atoms with Crippen LogP contribution < -0.4 is 5.32 Å². The third-order valence-electron chi connectivity index (χ3n) is 7.07. The van der Waals surface area contributed by atoms with Crippen LogP contribution in [0, 0.1) is 18.8 Å². The van der Waals surface area contributed by atoms with Gasteiger partial charge in [0, 0.05) is 55.4 Å². The molecule has 0 radical (unpaired) electrons. The van der Waals surface area contributed by atoms with Gasteiger partial charge in [-0.25, -0.2) is 4.98 Å². The number of carbonyl (C=O) groups is 2. The molecule has 38 heavy (non-hydrogen) atoms. The highest BCUT2D eigenvalue weighted by molar-refractivity contribution is 6.31. The summed E-state index contributed by atoms with van der Waals surface area (Å²) in [4.78, 5) is 33.1. The van der Waals surface area contributed by atoms with Crippen molar-refractivity contribution in [2.24, 2.45) is 11.8 Å². The van der Waals surface area contributed by atoms with Crippen molar-refractivity contribution in [1.29, 1.82) is 0 Å². The van der Waals surface area contributed by atoms with Crippen LogP contribution in [-0.2, 0) is 11.0 Å². The van der Waals surface area contributed by atoms with Crippen LogP contribution in [0.5, 0.6) is 0 Å². The highest BCUT2D eigenvalue weighted by Gasteiger charge is 2.46. The van der Waals surface area contributed by atoms with Crippen LogP contribution in [0.1, 0.15) is 28.2 Å². The topological polar surface area (TPSA) is 78.7 Å². The molecule has 0 spiro atoms. The number of alkyl halides is 3. The highest BCUT2D eigenvalue weighted by Crippen LogP contribution is 2.38. The van der Waals surface area contributed by atoms with Crippen molar-refractivity contribution in [1.82, 2.24) is 14.8 Å². The zero-order valence-electron chi connectivity index (χ0n) is 20.6. The molecule has 0 saturated carbocycles. The number of rotatable bonds is 6. The number of nitrogens with one attached hydrogen (secondary N) is 1. The Morgan fingerprint density at radius 2 is 1.76 bits per heavy atom.